The van der Waals surface area contributed by atoms with Crippen LogP contribution >= 0.6 is 0 Å². The Morgan fingerprint density at radius 2 is 1.95 bits per heavy atom. The van der Waals surface area contributed by atoms with E-state index >= 15 is 0 Å². The minimum Gasteiger partial charge on any atom is -0.475 e. The van der Waals surface area contributed by atoms with Crippen molar-refractivity contribution in [2.24, 2.45) is 5.92 Å². The first-order chi connectivity index (χ1) is 9.36. The normalized spacial score (nSPS) is 13.1. The Morgan fingerprint density at radius 3 is 2.50 bits per heavy atom. The summed E-state index contributed by atoms with van der Waals surface area (Å²) in [4.78, 5) is 10.9. The first-order valence-electron chi connectivity index (χ1n) is 7.27. The maximum atomic E-state index is 5.60. The molecule has 0 aromatic carbocycles. The molecule has 0 fully saturated rings. The largest absolute Gasteiger partial charge is 0.475 e. The highest BCUT2D eigenvalue weighted by atomic mass is 16.5. The Hall–Kier alpha value is -1.36. The molecule has 0 saturated carbocycles. The number of nitrogens with zero attached hydrogens (tertiary/aromatic N) is 3. The average molecular weight is 280 g/mol. The molecule has 0 aliphatic carbocycles. The van der Waals surface area contributed by atoms with E-state index < -0.39 is 0 Å². The van der Waals surface area contributed by atoms with Crippen LogP contribution in [0.25, 0.3) is 0 Å². The van der Waals surface area contributed by atoms with Gasteiger partial charge in [0.15, 0.2) is 0 Å². The van der Waals surface area contributed by atoms with Gasteiger partial charge >= 0.3 is 0 Å². The van der Waals surface area contributed by atoms with Gasteiger partial charge in [-0.2, -0.15) is 4.98 Å². The Labute approximate surface area is 122 Å². The molecule has 114 valence electrons. The van der Waals surface area contributed by atoms with Crippen LogP contribution in [0.5, 0.6) is 5.88 Å². The molecule has 5 nitrogen and oxygen atoms in total. The van der Waals surface area contributed by atoms with Gasteiger partial charge in [-0.05, 0) is 40.3 Å². The van der Waals surface area contributed by atoms with Crippen molar-refractivity contribution >= 4 is 5.95 Å². The quantitative estimate of drug-likeness (QED) is 0.793. The lowest BCUT2D eigenvalue weighted by atomic mass is 10.0. The first-order valence-corrected chi connectivity index (χ1v) is 7.27. The molecule has 1 aromatic rings. The average Bonchev–Trinajstić information content (AvgIpc) is 2.26. The summed E-state index contributed by atoms with van der Waals surface area (Å²) >= 11 is 0. The Bertz CT molecular complexity index is 383. The maximum Gasteiger partial charge on any atom is 0.226 e. The maximum absolute atomic E-state index is 5.60. The molecule has 1 unspecified atom stereocenters. The highest BCUT2D eigenvalue weighted by molar-refractivity contribution is 5.29. The molecule has 0 saturated heterocycles. The number of hydrogen-bond donors (Lipinski definition) is 1. The van der Waals surface area contributed by atoms with E-state index in [9.17, 15) is 0 Å². The lowest BCUT2D eigenvalue weighted by Gasteiger charge is -2.24. The molecule has 1 N–H and O–H groups in total. The van der Waals surface area contributed by atoms with E-state index in [0.29, 0.717) is 23.8 Å². The van der Waals surface area contributed by atoms with Crippen molar-refractivity contribution < 1.29 is 4.74 Å². The van der Waals surface area contributed by atoms with Crippen molar-refractivity contribution in [2.45, 2.75) is 46.3 Å². The lowest BCUT2D eigenvalue weighted by Crippen LogP contribution is -2.34. The van der Waals surface area contributed by atoms with Gasteiger partial charge in [-0.15, -0.1) is 0 Å². The zero-order valence-electron chi connectivity index (χ0n) is 13.6. The fraction of sp³-hybridized carbons (Fsp3) is 0.733. The van der Waals surface area contributed by atoms with Crippen LogP contribution in [0.1, 0.15) is 34.1 Å². The molecule has 0 amide bonds. The molecule has 1 atom stereocenters. The fourth-order valence-electron chi connectivity index (χ4n) is 2.09. The molecular formula is C15H28N4O. The molecule has 1 heterocycles. The van der Waals surface area contributed by atoms with E-state index in [-0.39, 0.29) is 6.10 Å². The Balaban J connectivity index is 2.71. The van der Waals surface area contributed by atoms with E-state index in [1.54, 1.807) is 12.3 Å². The van der Waals surface area contributed by atoms with Crippen molar-refractivity contribution in [1.82, 2.24) is 14.9 Å². The molecule has 5 heteroatoms. The second kappa shape index (κ2) is 8.04. The highest BCUT2D eigenvalue weighted by Crippen LogP contribution is 2.14. The van der Waals surface area contributed by atoms with E-state index in [1.165, 1.54) is 0 Å². The molecule has 1 rings (SSSR count). The minimum atomic E-state index is 0.117. The number of nitrogens with one attached hydrogen (secondary N) is 1. The summed E-state index contributed by atoms with van der Waals surface area (Å²) in [5, 5.41) is 3.41. The summed E-state index contributed by atoms with van der Waals surface area (Å²) in [6.45, 7) is 9.38. The Morgan fingerprint density at radius 1 is 1.25 bits per heavy atom. The summed E-state index contributed by atoms with van der Waals surface area (Å²) < 4.78 is 5.60. The predicted octanol–water partition coefficient (Wildman–Crippen LogP) is 2.65. The second-order valence-electron chi connectivity index (χ2n) is 6.12. The van der Waals surface area contributed by atoms with Crippen molar-refractivity contribution in [1.29, 1.82) is 0 Å². The van der Waals surface area contributed by atoms with E-state index in [1.807, 2.05) is 13.8 Å². The second-order valence-corrected chi connectivity index (χ2v) is 6.12. The topological polar surface area (TPSA) is 50.3 Å². The molecule has 0 bridgehead atoms. The summed E-state index contributed by atoms with van der Waals surface area (Å²) in [6, 6.07) is 2.12. The van der Waals surface area contributed by atoms with Crippen molar-refractivity contribution in [3.8, 4) is 5.88 Å². The summed E-state index contributed by atoms with van der Waals surface area (Å²) in [7, 11) is 4.16. The SMILES string of the molecule is CC(C)CC(CN(C)C)Nc1nccc(OC(C)C)n1. The van der Waals surface area contributed by atoms with Crippen molar-refractivity contribution in [3.05, 3.63) is 12.3 Å². The van der Waals surface area contributed by atoms with Gasteiger partial charge in [-0.25, -0.2) is 4.98 Å². The van der Waals surface area contributed by atoms with Gasteiger partial charge in [0.1, 0.15) is 0 Å². The minimum absolute atomic E-state index is 0.117. The van der Waals surface area contributed by atoms with Gasteiger partial charge in [0.25, 0.3) is 0 Å². The van der Waals surface area contributed by atoms with Crippen LogP contribution in [-0.2, 0) is 0 Å². The molecule has 0 radical (unpaired) electrons. The van der Waals surface area contributed by atoms with Crippen LogP contribution in [0.4, 0.5) is 5.95 Å². The number of hydrogen-bond acceptors (Lipinski definition) is 5. The van der Waals surface area contributed by atoms with Gasteiger partial charge in [-0.3, -0.25) is 0 Å². The highest BCUT2D eigenvalue weighted by Gasteiger charge is 2.13. The first kappa shape index (κ1) is 16.7. The van der Waals surface area contributed by atoms with Crippen LogP contribution in [0.2, 0.25) is 0 Å². The van der Waals surface area contributed by atoms with Gasteiger partial charge in [0.2, 0.25) is 11.8 Å². The number of rotatable bonds is 8. The summed E-state index contributed by atoms with van der Waals surface area (Å²) in [5.74, 6) is 1.88. The number of ether oxygens (including phenoxy) is 1. The van der Waals surface area contributed by atoms with Crippen molar-refractivity contribution in [2.75, 3.05) is 26.0 Å². The standard InChI is InChI=1S/C15H28N4O/c1-11(2)9-13(10-19(5)6)17-15-16-8-7-14(18-15)20-12(3)4/h7-8,11-13H,9-10H2,1-6H3,(H,16,17,18). The third-order valence-electron chi connectivity index (χ3n) is 2.66. The molecule has 0 aliphatic heterocycles. The van der Waals surface area contributed by atoms with Gasteiger partial charge in [0, 0.05) is 24.8 Å². The zero-order chi connectivity index (χ0) is 15.1. The van der Waals surface area contributed by atoms with Crippen LogP contribution in [-0.4, -0.2) is 47.7 Å². The molecule has 1 aromatic heterocycles. The van der Waals surface area contributed by atoms with E-state index in [0.717, 1.165) is 13.0 Å². The molecular weight excluding hydrogens is 252 g/mol. The van der Waals surface area contributed by atoms with E-state index in [4.69, 9.17) is 4.74 Å². The molecule has 0 spiro atoms. The van der Waals surface area contributed by atoms with Crippen LogP contribution in [0.15, 0.2) is 12.3 Å². The van der Waals surface area contributed by atoms with E-state index in [2.05, 4.69) is 48.1 Å². The summed E-state index contributed by atoms with van der Waals surface area (Å²) in [6.07, 6.45) is 2.93. The van der Waals surface area contributed by atoms with Gasteiger partial charge in [-0.1, -0.05) is 13.8 Å². The third-order valence-corrected chi connectivity index (χ3v) is 2.66. The van der Waals surface area contributed by atoms with Crippen LogP contribution in [0.3, 0.4) is 0 Å². The van der Waals surface area contributed by atoms with Crippen LogP contribution in [0, 0.1) is 5.92 Å². The lowest BCUT2D eigenvalue weighted by molar-refractivity contribution is 0.232. The number of aromatic nitrogens is 2. The smallest absolute Gasteiger partial charge is 0.226 e. The third kappa shape index (κ3) is 6.70. The molecule has 20 heavy (non-hydrogen) atoms. The van der Waals surface area contributed by atoms with Gasteiger partial charge in [0.05, 0.1) is 6.10 Å². The van der Waals surface area contributed by atoms with Gasteiger partial charge < -0.3 is 15.0 Å². The fourth-order valence-corrected chi connectivity index (χ4v) is 2.09. The van der Waals surface area contributed by atoms with Crippen LogP contribution < -0.4 is 10.1 Å². The molecule has 0 aliphatic rings. The monoisotopic (exact) mass is 280 g/mol. The number of likely N-dealkylation sites (N-methyl/N-ethyl adjacent to an activating group) is 1. The van der Waals surface area contributed by atoms with Crippen molar-refractivity contribution in [3.63, 3.8) is 0 Å². The predicted molar refractivity (Wildman–Crippen MR) is 83.2 cm³/mol. The zero-order valence-corrected chi connectivity index (χ0v) is 13.6. The Kier molecular flexibility index (Phi) is 6.71. The number of anilines is 1. The summed E-state index contributed by atoms with van der Waals surface area (Å²) in [5.41, 5.74) is 0.